The van der Waals surface area contributed by atoms with Crippen molar-refractivity contribution in [3.63, 3.8) is 0 Å². The topological polar surface area (TPSA) is 59.1 Å². The van der Waals surface area contributed by atoms with Gasteiger partial charge >= 0.3 is 0 Å². The highest BCUT2D eigenvalue weighted by Gasteiger charge is 2.10. The monoisotopic (exact) mass is 306 g/mol. The largest absolute Gasteiger partial charge is 0.267 e. The van der Waals surface area contributed by atoms with E-state index < -0.39 is 10.0 Å². The number of anilines is 1. The zero-order valence-corrected chi connectivity index (χ0v) is 11.7. The van der Waals surface area contributed by atoms with Crippen LogP contribution >= 0.6 is 15.9 Å². The molecule has 0 aliphatic carbocycles. The summed E-state index contributed by atoms with van der Waals surface area (Å²) in [7, 11) is -3.25. The quantitative estimate of drug-likeness (QED) is 0.910. The Kier molecular flexibility index (Phi) is 4.73. The van der Waals surface area contributed by atoms with E-state index in [2.05, 4.69) is 25.6 Å². The molecule has 0 fully saturated rings. The van der Waals surface area contributed by atoms with Crippen LogP contribution in [0.2, 0.25) is 0 Å². The number of hydrogen-bond donors (Lipinski definition) is 1. The SMILES string of the molecule is CCCCS(=O)(=O)Nc1ccc(Br)c(C)n1. The molecule has 0 aliphatic rings. The van der Waals surface area contributed by atoms with Gasteiger partial charge in [0.25, 0.3) is 0 Å². The lowest BCUT2D eigenvalue weighted by atomic mass is 10.4. The zero-order chi connectivity index (χ0) is 12.2. The summed E-state index contributed by atoms with van der Waals surface area (Å²) < 4.78 is 26.5. The Bertz CT molecular complexity index is 460. The van der Waals surface area contributed by atoms with Gasteiger partial charge in [-0.15, -0.1) is 0 Å². The van der Waals surface area contributed by atoms with Gasteiger partial charge in [0.1, 0.15) is 5.82 Å². The molecular weight excluding hydrogens is 292 g/mol. The first-order valence-electron chi connectivity index (χ1n) is 5.08. The molecule has 0 saturated carbocycles. The first-order valence-corrected chi connectivity index (χ1v) is 7.53. The van der Waals surface area contributed by atoms with Crippen LogP contribution in [0.25, 0.3) is 0 Å². The van der Waals surface area contributed by atoms with Gasteiger partial charge in [0.05, 0.1) is 11.4 Å². The standard InChI is InChI=1S/C10H15BrN2O2S/c1-3-4-7-16(14,15)13-10-6-5-9(11)8(2)12-10/h5-6H,3-4,7H2,1-2H3,(H,12,13). The fourth-order valence-electron chi connectivity index (χ4n) is 1.15. The first-order chi connectivity index (χ1) is 7.44. The van der Waals surface area contributed by atoms with Gasteiger partial charge < -0.3 is 0 Å². The molecule has 4 nitrogen and oxygen atoms in total. The summed E-state index contributed by atoms with van der Waals surface area (Å²) in [6.07, 6.45) is 1.51. The molecule has 0 atom stereocenters. The lowest BCUT2D eigenvalue weighted by Gasteiger charge is -2.07. The Labute approximate surface area is 105 Å². The van der Waals surface area contributed by atoms with Gasteiger partial charge in [-0.05, 0) is 41.4 Å². The predicted octanol–water partition coefficient (Wildman–Crippen LogP) is 2.69. The molecule has 16 heavy (non-hydrogen) atoms. The van der Waals surface area contributed by atoms with E-state index in [4.69, 9.17) is 0 Å². The van der Waals surface area contributed by atoms with Gasteiger partial charge in [-0.3, -0.25) is 4.72 Å². The molecule has 0 unspecified atom stereocenters. The van der Waals surface area contributed by atoms with E-state index in [9.17, 15) is 8.42 Å². The number of aromatic nitrogens is 1. The van der Waals surface area contributed by atoms with Crippen LogP contribution in [0, 0.1) is 6.92 Å². The van der Waals surface area contributed by atoms with Crippen molar-refractivity contribution in [2.24, 2.45) is 0 Å². The summed E-state index contributed by atoms with van der Waals surface area (Å²) in [4.78, 5) is 4.13. The van der Waals surface area contributed by atoms with Gasteiger partial charge in [-0.25, -0.2) is 13.4 Å². The number of rotatable bonds is 5. The fraction of sp³-hybridized carbons (Fsp3) is 0.500. The molecule has 0 saturated heterocycles. The summed E-state index contributed by atoms with van der Waals surface area (Å²) in [5.74, 6) is 0.511. The molecule has 0 aromatic carbocycles. The smallest absolute Gasteiger partial charge is 0.233 e. The van der Waals surface area contributed by atoms with Gasteiger partial charge in [-0.2, -0.15) is 0 Å². The molecule has 0 bridgehead atoms. The van der Waals surface area contributed by atoms with Gasteiger partial charge in [-0.1, -0.05) is 13.3 Å². The normalized spacial score (nSPS) is 11.4. The molecule has 0 amide bonds. The molecule has 0 radical (unpaired) electrons. The van der Waals surface area contributed by atoms with E-state index in [0.29, 0.717) is 12.2 Å². The number of aryl methyl sites for hydroxylation is 1. The van der Waals surface area contributed by atoms with Crippen LogP contribution < -0.4 is 4.72 Å². The van der Waals surface area contributed by atoms with Crippen molar-refractivity contribution in [2.45, 2.75) is 26.7 Å². The lowest BCUT2D eigenvalue weighted by Crippen LogP contribution is -2.17. The predicted molar refractivity (Wildman–Crippen MR) is 69.0 cm³/mol. The number of nitrogens with zero attached hydrogens (tertiary/aromatic N) is 1. The number of hydrogen-bond acceptors (Lipinski definition) is 3. The molecule has 1 aromatic heterocycles. The second kappa shape index (κ2) is 5.63. The highest BCUT2D eigenvalue weighted by molar-refractivity contribution is 9.10. The molecule has 1 heterocycles. The van der Waals surface area contributed by atoms with E-state index in [-0.39, 0.29) is 5.75 Å². The Hall–Kier alpha value is -0.620. The third-order valence-electron chi connectivity index (χ3n) is 2.05. The van der Waals surface area contributed by atoms with Crippen LogP contribution in [0.15, 0.2) is 16.6 Å². The Morgan fingerprint density at radius 1 is 1.44 bits per heavy atom. The van der Waals surface area contributed by atoms with Gasteiger partial charge in [0, 0.05) is 4.47 Å². The third kappa shape index (κ3) is 4.09. The third-order valence-corrected chi connectivity index (χ3v) is 4.23. The Balaban J connectivity index is 2.76. The minimum Gasteiger partial charge on any atom is -0.267 e. The van der Waals surface area contributed by atoms with Crippen LogP contribution in [0.5, 0.6) is 0 Å². The van der Waals surface area contributed by atoms with Crippen molar-refractivity contribution in [3.05, 3.63) is 22.3 Å². The minimum absolute atomic E-state index is 0.139. The molecular formula is C10H15BrN2O2S. The summed E-state index contributed by atoms with van der Waals surface area (Å²) in [6.45, 7) is 3.77. The minimum atomic E-state index is -3.25. The molecule has 6 heteroatoms. The van der Waals surface area contributed by atoms with E-state index >= 15 is 0 Å². The average molecular weight is 307 g/mol. The summed E-state index contributed by atoms with van der Waals surface area (Å²) in [6, 6.07) is 3.42. The van der Waals surface area contributed by atoms with Crippen LogP contribution in [0.3, 0.4) is 0 Å². The first kappa shape index (κ1) is 13.4. The summed E-state index contributed by atoms with van der Waals surface area (Å²) in [5.41, 5.74) is 0.760. The number of nitrogens with one attached hydrogen (secondary N) is 1. The van der Waals surface area contributed by atoms with E-state index in [1.165, 1.54) is 0 Å². The lowest BCUT2D eigenvalue weighted by molar-refractivity contribution is 0.597. The van der Waals surface area contributed by atoms with E-state index in [1.54, 1.807) is 12.1 Å². The molecule has 0 spiro atoms. The van der Waals surface area contributed by atoms with Gasteiger partial charge in [0.15, 0.2) is 0 Å². The molecule has 1 rings (SSSR count). The number of pyridine rings is 1. The van der Waals surface area contributed by atoms with Crippen molar-refractivity contribution < 1.29 is 8.42 Å². The number of sulfonamides is 1. The maximum Gasteiger partial charge on any atom is 0.233 e. The second-order valence-electron chi connectivity index (χ2n) is 3.54. The molecule has 0 aliphatic heterocycles. The Morgan fingerprint density at radius 2 is 2.12 bits per heavy atom. The van der Waals surface area contributed by atoms with E-state index in [0.717, 1.165) is 16.6 Å². The maximum atomic E-state index is 11.6. The van der Waals surface area contributed by atoms with Crippen LogP contribution in [-0.4, -0.2) is 19.2 Å². The average Bonchev–Trinajstić information content (AvgIpc) is 2.20. The van der Waals surface area contributed by atoms with Crippen molar-refractivity contribution in [3.8, 4) is 0 Å². The van der Waals surface area contributed by atoms with Crippen molar-refractivity contribution in [1.82, 2.24) is 4.98 Å². The van der Waals surface area contributed by atoms with Crippen molar-refractivity contribution in [1.29, 1.82) is 0 Å². The second-order valence-corrected chi connectivity index (χ2v) is 6.23. The highest BCUT2D eigenvalue weighted by atomic mass is 79.9. The highest BCUT2D eigenvalue weighted by Crippen LogP contribution is 2.17. The van der Waals surface area contributed by atoms with Crippen molar-refractivity contribution >= 4 is 31.8 Å². The van der Waals surface area contributed by atoms with E-state index in [1.807, 2.05) is 13.8 Å². The number of halogens is 1. The summed E-state index contributed by atoms with van der Waals surface area (Å²) >= 11 is 3.31. The summed E-state index contributed by atoms with van der Waals surface area (Å²) in [5, 5.41) is 0. The molecule has 90 valence electrons. The van der Waals surface area contributed by atoms with Gasteiger partial charge in [0.2, 0.25) is 10.0 Å². The maximum absolute atomic E-state index is 11.6. The van der Waals surface area contributed by atoms with Crippen molar-refractivity contribution in [2.75, 3.05) is 10.5 Å². The van der Waals surface area contributed by atoms with Crippen LogP contribution in [-0.2, 0) is 10.0 Å². The van der Waals surface area contributed by atoms with Crippen LogP contribution in [0.4, 0.5) is 5.82 Å². The van der Waals surface area contributed by atoms with Crippen LogP contribution in [0.1, 0.15) is 25.5 Å². The zero-order valence-electron chi connectivity index (χ0n) is 9.33. The molecule has 1 N–H and O–H groups in total. The fourth-order valence-corrected chi connectivity index (χ4v) is 2.57. The Morgan fingerprint density at radius 3 is 2.69 bits per heavy atom. The molecule has 1 aromatic rings. The number of unbranched alkanes of at least 4 members (excludes halogenated alkanes) is 1.